The summed E-state index contributed by atoms with van der Waals surface area (Å²) in [4.78, 5) is 24.0. The number of benzene rings is 2. The van der Waals surface area contributed by atoms with E-state index in [1.807, 2.05) is 13.8 Å². The van der Waals surface area contributed by atoms with Crippen LogP contribution in [0.4, 0.5) is 5.69 Å². The van der Waals surface area contributed by atoms with Gasteiger partial charge in [0.15, 0.2) is 0 Å². The number of hydrogen-bond donors (Lipinski definition) is 2. The topological polar surface area (TPSA) is 89.0 Å². The van der Waals surface area contributed by atoms with Gasteiger partial charge in [0.25, 0.3) is 5.91 Å². The molecule has 0 spiro atoms. The second-order valence-corrected chi connectivity index (χ2v) is 6.53. The molecule has 0 fully saturated rings. The molecule has 2 aromatic carbocycles. The van der Waals surface area contributed by atoms with E-state index in [0.717, 1.165) is 0 Å². The van der Waals surface area contributed by atoms with E-state index in [1.54, 1.807) is 56.7 Å². The fourth-order valence-corrected chi connectivity index (χ4v) is 2.44. The predicted octanol–water partition coefficient (Wildman–Crippen LogP) is 3.45. The number of carbonyl (C=O) groups is 2. The van der Waals surface area contributed by atoms with Crippen LogP contribution in [0.3, 0.4) is 0 Å². The molecule has 0 saturated heterocycles. The molecule has 0 atom stereocenters. The van der Waals surface area contributed by atoms with Crippen molar-refractivity contribution in [3.05, 3.63) is 53.6 Å². The molecule has 28 heavy (non-hydrogen) atoms. The predicted molar refractivity (Wildman–Crippen MR) is 109 cm³/mol. The molecule has 0 aliphatic rings. The van der Waals surface area contributed by atoms with E-state index in [-0.39, 0.29) is 17.7 Å². The Labute approximate surface area is 164 Å². The molecule has 2 rings (SSSR count). The summed E-state index contributed by atoms with van der Waals surface area (Å²) in [6, 6.07) is 11.9. The van der Waals surface area contributed by atoms with Crippen LogP contribution in [0.1, 0.15) is 36.2 Å². The van der Waals surface area contributed by atoms with Crippen LogP contribution < -0.4 is 20.2 Å². The van der Waals surface area contributed by atoms with Crippen molar-refractivity contribution < 1.29 is 19.1 Å². The monoisotopic (exact) mass is 383 g/mol. The summed E-state index contributed by atoms with van der Waals surface area (Å²) in [5.41, 5.74) is 4.25. The zero-order chi connectivity index (χ0) is 20.5. The Kier molecular flexibility index (Phi) is 7.56. The molecule has 2 amide bonds. The third-order valence-electron chi connectivity index (χ3n) is 3.83. The molecule has 0 heterocycles. The van der Waals surface area contributed by atoms with Crippen molar-refractivity contribution in [2.75, 3.05) is 19.5 Å². The molecule has 2 aromatic rings. The van der Waals surface area contributed by atoms with Crippen LogP contribution in [-0.2, 0) is 4.79 Å². The standard InChI is InChI=1S/C21H25N3O4/c1-14(2)11-20(25)23-17-8-5-15(6-9-17)21(26)24-22-13-16-7-10-18(27-3)12-19(16)28-4/h5-10,12-14H,11H2,1-4H3,(H,23,25)(H,24,26). The number of amides is 2. The Morgan fingerprint density at radius 1 is 1.07 bits per heavy atom. The number of carbonyl (C=O) groups excluding carboxylic acids is 2. The van der Waals surface area contributed by atoms with E-state index < -0.39 is 0 Å². The van der Waals surface area contributed by atoms with Gasteiger partial charge in [-0.2, -0.15) is 5.10 Å². The van der Waals surface area contributed by atoms with Gasteiger partial charge in [0.2, 0.25) is 5.91 Å². The Morgan fingerprint density at radius 3 is 2.39 bits per heavy atom. The lowest BCUT2D eigenvalue weighted by Crippen LogP contribution is -2.18. The van der Waals surface area contributed by atoms with Crippen LogP contribution in [0.5, 0.6) is 11.5 Å². The van der Waals surface area contributed by atoms with E-state index in [1.165, 1.54) is 6.21 Å². The van der Waals surface area contributed by atoms with Gasteiger partial charge in [0.05, 0.1) is 20.4 Å². The van der Waals surface area contributed by atoms with Gasteiger partial charge in [-0.1, -0.05) is 13.8 Å². The third kappa shape index (κ3) is 6.12. The summed E-state index contributed by atoms with van der Waals surface area (Å²) < 4.78 is 10.4. The number of nitrogens with zero attached hydrogens (tertiary/aromatic N) is 1. The number of rotatable bonds is 8. The van der Waals surface area contributed by atoms with Crippen molar-refractivity contribution in [1.82, 2.24) is 5.43 Å². The number of hydrazone groups is 1. The minimum absolute atomic E-state index is 0.0507. The largest absolute Gasteiger partial charge is 0.497 e. The lowest BCUT2D eigenvalue weighted by atomic mass is 10.1. The third-order valence-corrected chi connectivity index (χ3v) is 3.83. The molecule has 0 aliphatic heterocycles. The minimum Gasteiger partial charge on any atom is -0.497 e. The Bertz CT molecular complexity index is 845. The summed E-state index contributed by atoms with van der Waals surface area (Å²) in [5, 5.41) is 6.77. The van der Waals surface area contributed by atoms with Crippen molar-refractivity contribution >= 4 is 23.7 Å². The van der Waals surface area contributed by atoms with Crippen LogP contribution in [0, 0.1) is 5.92 Å². The molecule has 0 radical (unpaired) electrons. The first kappa shape index (κ1) is 21.0. The van der Waals surface area contributed by atoms with Crippen LogP contribution in [0.15, 0.2) is 47.6 Å². The van der Waals surface area contributed by atoms with Gasteiger partial charge in [0, 0.05) is 29.3 Å². The van der Waals surface area contributed by atoms with E-state index in [9.17, 15) is 9.59 Å². The SMILES string of the molecule is COc1ccc(C=NNC(=O)c2ccc(NC(=O)CC(C)C)cc2)c(OC)c1. The first-order valence-corrected chi connectivity index (χ1v) is 8.88. The molecule has 0 bridgehead atoms. The van der Waals surface area contributed by atoms with E-state index >= 15 is 0 Å². The zero-order valence-corrected chi connectivity index (χ0v) is 16.5. The van der Waals surface area contributed by atoms with Crippen molar-refractivity contribution in [3.8, 4) is 11.5 Å². The van der Waals surface area contributed by atoms with Gasteiger partial charge >= 0.3 is 0 Å². The van der Waals surface area contributed by atoms with Gasteiger partial charge in [-0.05, 0) is 42.3 Å². The van der Waals surface area contributed by atoms with E-state index in [4.69, 9.17) is 9.47 Å². The Morgan fingerprint density at radius 2 is 1.79 bits per heavy atom. The molecular weight excluding hydrogens is 358 g/mol. The fourth-order valence-electron chi connectivity index (χ4n) is 2.44. The highest BCUT2D eigenvalue weighted by Gasteiger charge is 2.08. The average Bonchev–Trinajstić information content (AvgIpc) is 2.67. The number of anilines is 1. The van der Waals surface area contributed by atoms with Crippen LogP contribution in [0.2, 0.25) is 0 Å². The molecule has 0 aliphatic carbocycles. The maximum Gasteiger partial charge on any atom is 0.271 e. The van der Waals surface area contributed by atoms with Crippen LogP contribution in [-0.4, -0.2) is 32.2 Å². The van der Waals surface area contributed by atoms with Gasteiger partial charge in [0.1, 0.15) is 11.5 Å². The van der Waals surface area contributed by atoms with Crippen molar-refractivity contribution in [3.63, 3.8) is 0 Å². The molecule has 0 aromatic heterocycles. The molecule has 7 heteroatoms. The number of hydrogen-bond acceptors (Lipinski definition) is 5. The highest BCUT2D eigenvalue weighted by Crippen LogP contribution is 2.23. The average molecular weight is 383 g/mol. The molecule has 2 N–H and O–H groups in total. The number of methoxy groups -OCH3 is 2. The van der Waals surface area contributed by atoms with Gasteiger partial charge in [-0.3, -0.25) is 9.59 Å². The molecular formula is C21H25N3O4. The minimum atomic E-state index is -0.358. The first-order valence-electron chi connectivity index (χ1n) is 8.88. The van der Waals surface area contributed by atoms with Gasteiger partial charge in [-0.25, -0.2) is 5.43 Å². The molecule has 0 saturated carbocycles. The number of ether oxygens (including phenoxy) is 2. The fraction of sp³-hybridized carbons (Fsp3) is 0.286. The van der Waals surface area contributed by atoms with Crippen molar-refractivity contribution in [2.24, 2.45) is 11.0 Å². The van der Waals surface area contributed by atoms with E-state index in [2.05, 4.69) is 15.8 Å². The smallest absolute Gasteiger partial charge is 0.271 e. The summed E-state index contributed by atoms with van der Waals surface area (Å²) in [7, 11) is 3.12. The quantitative estimate of drug-likeness (QED) is 0.540. The second-order valence-electron chi connectivity index (χ2n) is 6.53. The highest BCUT2D eigenvalue weighted by molar-refractivity contribution is 5.96. The second kappa shape index (κ2) is 10.1. The summed E-state index contributed by atoms with van der Waals surface area (Å²) in [5.74, 6) is 1.12. The number of nitrogens with one attached hydrogen (secondary N) is 2. The summed E-state index contributed by atoms with van der Waals surface area (Å²) in [6.45, 7) is 3.96. The Balaban J connectivity index is 1.96. The maximum absolute atomic E-state index is 12.2. The normalized spacial score (nSPS) is 10.8. The van der Waals surface area contributed by atoms with Crippen LogP contribution in [0.25, 0.3) is 0 Å². The molecule has 148 valence electrons. The molecule has 7 nitrogen and oxygen atoms in total. The lowest BCUT2D eigenvalue weighted by molar-refractivity contribution is -0.116. The van der Waals surface area contributed by atoms with Gasteiger partial charge in [-0.15, -0.1) is 0 Å². The Hall–Kier alpha value is -3.35. The summed E-state index contributed by atoms with van der Waals surface area (Å²) in [6.07, 6.45) is 1.95. The maximum atomic E-state index is 12.2. The van der Waals surface area contributed by atoms with Crippen LogP contribution >= 0.6 is 0 Å². The lowest BCUT2D eigenvalue weighted by Gasteiger charge is -2.08. The van der Waals surface area contributed by atoms with Crippen molar-refractivity contribution in [1.29, 1.82) is 0 Å². The summed E-state index contributed by atoms with van der Waals surface area (Å²) >= 11 is 0. The zero-order valence-electron chi connectivity index (χ0n) is 16.5. The van der Waals surface area contributed by atoms with Crippen molar-refractivity contribution in [2.45, 2.75) is 20.3 Å². The van der Waals surface area contributed by atoms with E-state index in [0.29, 0.717) is 34.7 Å². The molecule has 0 unspecified atom stereocenters. The first-order chi connectivity index (χ1) is 13.4. The van der Waals surface area contributed by atoms with Gasteiger partial charge < -0.3 is 14.8 Å². The highest BCUT2D eigenvalue weighted by atomic mass is 16.5.